The summed E-state index contributed by atoms with van der Waals surface area (Å²) < 4.78 is 0.305. The number of halogens is 1. The summed E-state index contributed by atoms with van der Waals surface area (Å²) in [4.78, 5) is 10.6. The highest BCUT2D eigenvalue weighted by atomic mass is 127. The summed E-state index contributed by atoms with van der Waals surface area (Å²) in [5, 5.41) is 0. The largest absolute Gasteiger partial charge is 0.288 e. The van der Waals surface area contributed by atoms with Crippen molar-refractivity contribution in [2.75, 3.05) is 0 Å². The van der Waals surface area contributed by atoms with Crippen molar-refractivity contribution in [2.24, 2.45) is 5.92 Å². The van der Waals surface area contributed by atoms with Gasteiger partial charge in [-0.15, -0.1) is 0 Å². The van der Waals surface area contributed by atoms with Gasteiger partial charge in [-0.2, -0.15) is 0 Å². The summed E-state index contributed by atoms with van der Waals surface area (Å²) in [6.45, 7) is 4.55. The molecule has 0 aromatic carbocycles. The first-order valence-corrected chi connectivity index (χ1v) is 6.39. The van der Waals surface area contributed by atoms with Crippen molar-refractivity contribution in [2.45, 2.75) is 58.8 Å². The number of carbonyl (C=O) groups is 1. The lowest BCUT2D eigenvalue weighted by Crippen LogP contribution is -1.88. The molecule has 0 saturated heterocycles. The van der Waals surface area contributed by atoms with E-state index in [-0.39, 0.29) is 0 Å². The first-order valence-electron chi connectivity index (χ1n) is 5.31. The Kier molecular flexibility index (Phi) is 9.25. The lowest BCUT2D eigenvalue weighted by molar-refractivity contribution is -0.109. The lowest BCUT2D eigenvalue weighted by atomic mass is 10.0. The minimum atomic E-state index is 0.305. The van der Waals surface area contributed by atoms with E-state index in [1.807, 2.05) is 22.6 Å². The summed E-state index contributed by atoms with van der Waals surface area (Å²) in [6, 6.07) is 0. The van der Waals surface area contributed by atoms with E-state index in [0.717, 1.165) is 18.8 Å². The van der Waals surface area contributed by atoms with Crippen LogP contribution in [0.1, 0.15) is 58.8 Å². The van der Waals surface area contributed by atoms with Crippen LogP contribution in [0.5, 0.6) is 0 Å². The molecule has 78 valence electrons. The minimum Gasteiger partial charge on any atom is -0.288 e. The SMILES string of the molecule is CC(C)CCCCCCCC(=O)I. The van der Waals surface area contributed by atoms with E-state index in [2.05, 4.69) is 13.8 Å². The van der Waals surface area contributed by atoms with Gasteiger partial charge in [0.1, 0.15) is 0 Å². The molecule has 1 nitrogen and oxygen atoms in total. The van der Waals surface area contributed by atoms with Gasteiger partial charge in [0.25, 0.3) is 0 Å². The molecule has 0 aliphatic carbocycles. The monoisotopic (exact) mass is 296 g/mol. The summed E-state index contributed by atoms with van der Waals surface area (Å²) in [6.07, 6.45) is 8.44. The van der Waals surface area contributed by atoms with Crippen LogP contribution in [0.2, 0.25) is 0 Å². The van der Waals surface area contributed by atoms with Gasteiger partial charge in [0.05, 0.1) is 0 Å². The predicted octanol–water partition coefficient (Wildman–Crippen LogP) is 4.33. The van der Waals surface area contributed by atoms with Gasteiger partial charge in [0.2, 0.25) is 0 Å². The Hall–Kier alpha value is 0.400. The smallest absolute Gasteiger partial charge is 0.192 e. The van der Waals surface area contributed by atoms with Crippen molar-refractivity contribution < 1.29 is 4.79 Å². The molecule has 0 atom stereocenters. The van der Waals surface area contributed by atoms with Crippen molar-refractivity contribution in [1.29, 1.82) is 0 Å². The van der Waals surface area contributed by atoms with E-state index < -0.39 is 0 Å². The standard InChI is InChI=1S/C11H21IO/c1-10(2)8-6-4-3-5-7-9-11(12)13/h10H,3-9H2,1-2H3. The molecule has 0 saturated carbocycles. The number of carbonyl (C=O) groups excluding carboxylic acids is 1. The van der Waals surface area contributed by atoms with Gasteiger partial charge in [-0.1, -0.05) is 46.0 Å². The highest BCUT2D eigenvalue weighted by Gasteiger charge is 1.96. The van der Waals surface area contributed by atoms with Gasteiger partial charge < -0.3 is 0 Å². The van der Waals surface area contributed by atoms with E-state index in [0.29, 0.717) is 3.79 Å². The Balaban J connectivity index is 2.96. The Morgan fingerprint density at radius 1 is 1.08 bits per heavy atom. The molecule has 0 rings (SSSR count). The van der Waals surface area contributed by atoms with Gasteiger partial charge in [0.15, 0.2) is 3.79 Å². The van der Waals surface area contributed by atoms with Crippen LogP contribution < -0.4 is 0 Å². The highest BCUT2D eigenvalue weighted by Crippen LogP contribution is 2.11. The predicted molar refractivity (Wildman–Crippen MR) is 66.2 cm³/mol. The molecule has 0 bridgehead atoms. The summed E-state index contributed by atoms with van der Waals surface area (Å²) >= 11 is 1.88. The molecule has 0 aromatic rings. The summed E-state index contributed by atoms with van der Waals surface area (Å²) in [5.74, 6) is 0.843. The van der Waals surface area contributed by atoms with Crippen molar-refractivity contribution in [1.82, 2.24) is 0 Å². The lowest BCUT2D eigenvalue weighted by Gasteiger charge is -2.03. The maximum absolute atomic E-state index is 10.6. The van der Waals surface area contributed by atoms with E-state index in [1.165, 1.54) is 32.1 Å². The fourth-order valence-electron chi connectivity index (χ4n) is 1.35. The molecule has 0 radical (unpaired) electrons. The third-order valence-corrected chi connectivity index (χ3v) is 2.69. The quantitative estimate of drug-likeness (QED) is 0.370. The molecule has 0 aliphatic heterocycles. The van der Waals surface area contributed by atoms with Crippen LogP contribution in [-0.4, -0.2) is 3.79 Å². The van der Waals surface area contributed by atoms with E-state index in [1.54, 1.807) is 0 Å². The number of hydrogen-bond donors (Lipinski definition) is 0. The number of rotatable bonds is 8. The van der Waals surface area contributed by atoms with Gasteiger partial charge >= 0.3 is 0 Å². The van der Waals surface area contributed by atoms with Crippen molar-refractivity contribution in [3.8, 4) is 0 Å². The normalized spacial score (nSPS) is 10.8. The Bertz CT molecular complexity index is 132. The van der Waals surface area contributed by atoms with Crippen LogP contribution in [0.3, 0.4) is 0 Å². The molecule has 13 heavy (non-hydrogen) atoms. The maximum Gasteiger partial charge on any atom is 0.192 e. The summed E-state index contributed by atoms with van der Waals surface area (Å²) in [5.41, 5.74) is 0. The van der Waals surface area contributed by atoms with Crippen molar-refractivity contribution in [3.05, 3.63) is 0 Å². The molecule has 0 amide bonds. The average Bonchev–Trinajstić information content (AvgIpc) is 2.01. The molecule has 2 heteroatoms. The molecule has 0 aliphatic rings. The Morgan fingerprint density at radius 3 is 2.15 bits per heavy atom. The average molecular weight is 296 g/mol. The van der Waals surface area contributed by atoms with Crippen LogP contribution in [0.15, 0.2) is 0 Å². The number of hydrogen-bond acceptors (Lipinski definition) is 1. The fourth-order valence-corrected chi connectivity index (χ4v) is 1.73. The molecule has 0 fully saturated rings. The zero-order valence-corrected chi connectivity index (χ0v) is 11.0. The van der Waals surface area contributed by atoms with Crippen LogP contribution in [0.4, 0.5) is 0 Å². The topological polar surface area (TPSA) is 17.1 Å². The van der Waals surface area contributed by atoms with Crippen LogP contribution >= 0.6 is 22.6 Å². The molecule has 0 aromatic heterocycles. The molecule has 0 heterocycles. The van der Waals surface area contributed by atoms with E-state index in [4.69, 9.17) is 0 Å². The number of unbranched alkanes of at least 4 members (excludes halogenated alkanes) is 4. The van der Waals surface area contributed by atoms with Crippen molar-refractivity contribution in [3.63, 3.8) is 0 Å². The third kappa shape index (κ3) is 12.4. The van der Waals surface area contributed by atoms with Crippen LogP contribution in [-0.2, 0) is 4.79 Å². The Morgan fingerprint density at radius 2 is 1.62 bits per heavy atom. The molecular weight excluding hydrogens is 275 g/mol. The second-order valence-electron chi connectivity index (χ2n) is 4.06. The summed E-state index contributed by atoms with van der Waals surface area (Å²) in [7, 11) is 0. The molecular formula is C11H21IO. The minimum absolute atomic E-state index is 0.305. The van der Waals surface area contributed by atoms with Gasteiger partial charge in [-0.05, 0) is 34.9 Å². The molecule has 0 N–H and O–H groups in total. The van der Waals surface area contributed by atoms with Gasteiger partial charge in [0, 0.05) is 6.42 Å². The van der Waals surface area contributed by atoms with Crippen LogP contribution in [0, 0.1) is 5.92 Å². The first kappa shape index (κ1) is 13.4. The Labute approximate surface area is 95.8 Å². The second-order valence-corrected chi connectivity index (χ2v) is 5.26. The van der Waals surface area contributed by atoms with E-state index >= 15 is 0 Å². The zero-order chi connectivity index (χ0) is 10.1. The van der Waals surface area contributed by atoms with Gasteiger partial charge in [-0.3, -0.25) is 4.79 Å². The molecule has 0 unspecified atom stereocenters. The van der Waals surface area contributed by atoms with E-state index in [9.17, 15) is 4.79 Å². The highest BCUT2D eigenvalue weighted by molar-refractivity contribution is 14.1. The van der Waals surface area contributed by atoms with Crippen molar-refractivity contribution >= 4 is 26.4 Å². The van der Waals surface area contributed by atoms with Gasteiger partial charge in [-0.25, -0.2) is 0 Å². The maximum atomic E-state index is 10.6. The molecule has 0 spiro atoms. The third-order valence-electron chi connectivity index (χ3n) is 2.15. The van der Waals surface area contributed by atoms with Crippen LogP contribution in [0.25, 0.3) is 0 Å². The zero-order valence-electron chi connectivity index (χ0n) is 8.81. The second kappa shape index (κ2) is 8.97. The fraction of sp³-hybridized carbons (Fsp3) is 0.909. The first-order chi connectivity index (χ1) is 6.13.